The molecule has 0 atom stereocenters. The van der Waals surface area contributed by atoms with Crippen LogP contribution in [0.1, 0.15) is 0 Å². The summed E-state index contributed by atoms with van der Waals surface area (Å²) in [5.41, 5.74) is 1.42. The average Bonchev–Trinajstić information content (AvgIpc) is 2.07. The lowest BCUT2D eigenvalue weighted by Crippen LogP contribution is -1.94. The molecule has 0 unspecified atom stereocenters. The van der Waals surface area contributed by atoms with Crippen LogP contribution in [0.25, 0.3) is 0 Å². The Morgan fingerprint density at radius 3 is 3.09 bits per heavy atom. The van der Waals surface area contributed by atoms with Crippen LogP contribution in [0.4, 0.5) is 0 Å². The van der Waals surface area contributed by atoms with Crippen molar-refractivity contribution in [1.29, 1.82) is 0 Å². The largest absolute Gasteiger partial charge is 0.473 e. The number of halogens is 1. The molecule has 3 heteroatoms. The van der Waals surface area contributed by atoms with Crippen molar-refractivity contribution in [1.82, 2.24) is 4.98 Å². The van der Waals surface area contributed by atoms with Gasteiger partial charge >= 0.3 is 0 Å². The number of hydrogen-bond donors (Lipinski definition) is 0. The molecule has 1 aromatic heterocycles. The summed E-state index contributed by atoms with van der Waals surface area (Å²) >= 11 is 5.29. The van der Waals surface area contributed by atoms with E-state index >= 15 is 0 Å². The Labute approximate surface area is 70.5 Å². The van der Waals surface area contributed by atoms with Crippen LogP contribution in [-0.2, 0) is 0 Å². The van der Waals surface area contributed by atoms with Gasteiger partial charge in [0.15, 0.2) is 0 Å². The molecule has 0 bridgehead atoms. The van der Waals surface area contributed by atoms with E-state index in [1.807, 2.05) is 12.1 Å². The third-order valence-electron chi connectivity index (χ3n) is 1.05. The molecule has 0 saturated heterocycles. The first-order chi connectivity index (χ1) is 5.43. The highest BCUT2D eigenvalue weighted by atomic mass is 35.5. The minimum atomic E-state index is 0.459. The number of ether oxygens (including phenoxy) is 1. The minimum absolute atomic E-state index is 0.459. The number of rotatable bonds is 3. The molecule has 0 aliphatic carbocycles. The summed E-state index contributed by atoms with van der Waals surface area (Å²) in [6.45, 7) is 0.459. The van der Waals surface area contributed by atoms with Crippen molar-refractivity contribution in [3.8, 4) is 5.88 Å². The first kappa shape index (κ1) is 8.08. The molecule has 0 aromatic carbocycles. The second-order valence-electron chi connectivity index (χ2n) is 1.84. The maximum atomic E-state index is 5.29. The van der Waals surface area contributed by atoms with E-state index < -0.39 is 0 Å². The van der Waals surface area contributed by atoms with Gasteiger partial charge in [0.2, 0.25) is 5.88 Å². The van der Waals surface area contributed by atoms with Crippen LogP contribution >= 0.6 is 11.6 Å². The van der Waals surface area contributed by atoms with Gasteiger partial charge in [0.05, 0.1) is 0 Å². The molecule has 0 amide bonds. The van der Waals surface area contributed by atoms with Crippen LogP contribution in [0.15, 0.2) is 36.0 Å². The predicted molar refractivity (Wildman–Crippen MR) is 44.7 cm³/mol. The van der Waals surface area contributed by atoms with Crippen molar-refractivity contribution in [3.05, 3.63) is 36.0 Å². The molecule has 1 aromatic rings. The lowest BCUT2D eigenvalue weighted by atomic mass is 10.5. The standard InChI is InChI=1S/C8H8ClNO/c9-5-3-7-11-8-4-1-2-6-10-8/h1-6H,7H2/b5-3+. The quantitative estimate of drug-likeness (QED) is 0.692. The fraction of sp³-hybridized carbons (Fsp3) is 0.125. The van der Waals surface area contributed by atoms with E-state index in [-0.39, 0.29) is 0 Å². The average molecular weight is 170 g/mol. The van der Waals surface area contributed by atoms with Crippen LogP contribution in [0.3, 0.4) is 0 Å². The monoisotopic (exact) mass is 169 g/mol. The first-order valence-corrected chi connectivity index (χ1v) is 3.66. The molecule has 2 nitrogen and oxygen atoms in total. The van der Waals surface area contributed by atoms with Crippen molar-refractivity contribution in [2.75, 3.05) is 6.61 Å². The zero-order valence-corrected chi connectivity index (χ0v) is 6.66. The molecule has 0 saturated carbocycles. The highest BCUT2D eigenvalue weighted by Gasteiger charge is 1.87. The maximum Gasteiger partial charge on any atom is 0.213 e. The Morgan fingerprint density at radius 2 is 2.45 bits per heavy atom. The smallest absolute Gasteiger partial charge is 0.213 e. The van der Waals surface area contributed by atoms with E-state index in [4.69, 9.17) is 16.3 Å². The van der Waals surface area contributed by atoms with Crippen LogP contribution in [-0.4, -0.2) is 11.6 Å². The fourth-order valence-corrected chi connectivity index (χ4v) is 0.675. The van der Waals surface area contributed by atoms with Gasteiger partial charge in [-0.15, -0.1) is 0 Å². The number of hydrogen-bond acceptors (Lipinski definition) is 2. The molecule has 0 aliphatic heterocycles. The fourth-order valence-electron chi connectivity index (χ4n) is 0.602. The third-order valence-corrected chi connectivity index (χ3v) is 1.23. The van der Waals surface area contributed by atoms with Crippen molar-refractivity contribution in [3.63, 3.8) is 0 Å². The SMILES string of the molecule is Cl/C=C/COc1ccccn1. The van der Waals surface area contributed by atoms with Gasteiger partial charge < -0.3 is 4.74 Å². The minimum Gasteiger partial charge on any atom is -0.473 e. The molecule has 1 rings (SSSR count). The summed E-state index contributed by atoms with van der Waals surface area (Å²) in [5.74, 6) is 0.613. The van der Waals surface area contributed by atoms with Crippen LogP contribution < -0.4 is 4.74 Å². The van der Waals surface area contributed by atoms with Crippen molar-refractivity contribution in [2.24, 2.45) is 0 Å². The molecule has 0 radical (unpaired) electrons. The van der Waals surface area contributed by atoms with Crippen molar-refractivity contribution in [2.45, 2.75) is 0 Å². The molecule has 0 spiro atoms. The summed E-state index contributed by atoms with van der Waals surface area (Å²) < 4.78 is 5.16. The molecule has 1 heterocycles. The third kappa shape index (κ3) is 3.05. The Morgan fingerprint density at radius 1 is 1.55 bits per heavy atom. The molecule has 58 valence electrons. The highest BCUT2D eigenvalue weighted by Crippen LogP contribution is 2.02. The summed E-state index contributed by atoms with van der Waals surface area (Å²) in [5, 5.41) is 0. The Hall–Kier alpha value is -1.02. The zero-order chi connectivity index (χ0) is 7.94. The molecule has 0 fully saturated rings. The normalized spacial score (nSPS) is 10.3. The second kappa shape index (κ2) is 4.74. The van der Waals surface area contributed by atoms with Gasteiger partial charge in [0.1, 0.15) is 6.61 Å². The number of aromatic nitrogens is 1. The van der Waals surface area contributed by atoms with E-state index in [1.165, 1.54) is 5.54 Å². The first-order valence-electron chi connectivity index (χ1n) is 3.22. The summed E-state index contributed by atoms with van der Waals surface area (Å²) in [4.78, 5) is 3.95. The van der Waals surface area contributed by atoms with E-state index in [1.54, 1.807) is 18.3 Å². The van der Waals surface area contributed by atoms with Gasteiger partial charge in [0.25, 0.3) is 0 Å². The Bertz CT molecular complexity index is 223. The van der Waals surface area contributed by atoms with Crippen LogP contribution in [0.5, 0.6) is 5.88 Å². The molecular weight excluding hydrogens is 162 g/mol. The zero-order valence-electron chi connectivity index (χ0n) is 5.90. The van der Waals surface area contributed by atoms with E-state index in [9.17, 15) is 0 Å². The van der Waals surface area contributed by atoms with Crippen LogP contribution in [0.2, 0.25) is 0 Å². The number of pyridine rings is 1. The summed E-state index contributed by atoms with van der Waals surface area (Å²) in [6.07, 6.45) is 3.38. The second-order valence-corrected chi connectivity index (χ2v) is 2.09. The van der Waals surface area contributed by atoms with Gasteiger partial charge in [0, 0.05) is 17.8 Å². The molecular formula is C8H8ClNO. The maximum absolute atomic E-state index is 5.29. The molecule has 0 N–H and O–H groups in total. The Kier molecular flexibility index (Phi) is 3.48. The van der Waals surface area contributed by atoms with Crippen LogP contribution in [0, 0.1) is 0 Å². The van der Waals surface area contributed by atoms with Gasteiger partial charge in [-0.2, -0.15) is 0 Å². The van der Waals surface area contributed by atoms with Gasteiger partial charge in [-0.1, -0.05) is 17.7 Å². The highest BCUT2D eigenvalue weighted by molar-refractivity contribution is 6.25. The molecule has 11 heavy (non-hydrogen) atoms. The van der Waals surface area contributed by atoms with Gasteiger partial charge in [-0.25, -0.2) is 4.98 Å². The topological polar surface area (TPSA) is 22.1 Å². The lowest BCUT2D eigenvalue weighted by Gasteiger charge is -1.98. The van der Waals surface area contributed by atoms with E-state index in [2.05, 4.69) is 4.98 Å². The van der Waals surface area contributed by atoms with Crippen molar-refractivity contribution < 1.29 is 4.74 Å². The van der Waals surface area contributed by atoms with E-state index in [0.29, 0.717) is 12.5 Å². The van der Waals surface area contributed by atoms with Gasteiger partial charge in [-0.3, -0.25) is 0 Å². The number of nitrogens with zero attached hydrogens (tertiary/aromatic N) is 1. The molecule has 0 aliphatic rings. The van der Waals surface area contributed by atoms with E-state index in [0.717, 1.165) is 0 Å². The van der Waals surface area contributed by atoms with Gasteiger partial charge in [-0.05, 0) is 12.1 Å². The predicted octanol–water partition coefficient (Wildman–Crippen LogP) is 2.21. The summed E-state index contributed by atoms with van der Waals surface area (Å²) in [6, 6.07) is 5.50. The van der Waals surface area contributed by atoms with Crippen molar-refractivity contribution >= 4 is 11.6 Å². The Balaban J connectivity index is 2.39. The lowest BCUT2D eigenvalue weighted by molar-refractivity contribution is 0.348. The summed E-state index contributed by atoms with van der Waals surface area (Å²) in [7, 11) is 0.